The minimum absolute atomic E-state index is 0.125. The standard InChI is InChI=1S/C13H14N2O5/c16-7-9(8-17)3-4-15-6-10(11-2-1-5-20-11)12(18)14-13(15)19/h1-3,5-6,16-17H,4,7-8H2,(H,14,18,19). The van der Waals surface area contributed by atoms with Crippen LogP contribution in [-0.4, -0.2) is 33.0 Å². The molecular weight excluding hydrogens is 264 g/mol. The normalized spacial score (nSPS) is 10.5. The molecule has 0 aliphatic rings. The number of aromatic amines is 1. The van der Waals surface area contributed by atoms with Crippen molar-refractivity contribution in [2.24, 2.45) is 0 Å². The summed E-state index contributed by atoms with van der Waals surface area (Å²) in [4.78, 5) is 25.6. The molecule has 0 saturated carbocycles. The number of nitrogens with zero attached hydrogens (tertiary/aromatic N) is 1. The third-order valence-electron chi connectivity index (χ3n) is 2.78. The fourth-order valence-electron chi connectivity index (χ4n) is 1.66. The number of rotatable bonds is 5. The Kier molecular flexibility index (Phi) is 4.34. The number of furan rings is 1. The van der Waals surface area contributed by atoms with E-state index in [1.807, 2.05) is 0 Å². The molecule has 0 unspecified atom stereocenters. The minimum atomic E-state index is -0.572. The third kappa shape index (κ3) is 2.95. The number of aromatic nitrogens is 2. The molecule has 0 amide bonds. The quantitative estimate of drug-likeness (QED) is 0.651. The first kappa shape index (κ1) is 14.0. The molecule has 0 aliphatic carbocycles. The highest BCUT2D eigenvalue weighted by molar-refractivity contribution is 5.54. The van der Waals surface area contributed by atoms with E-state index in [1.54, 1.807) is 12.1 Å². The predicted octanol–water partition coefficient (Wildman–Crippen LogP) is -0.292. The molecule has 2 aromatic heterocycles. The molecule has 0 bridgehead atoms. The van der Waals surface area contributed by atoms with E-state index in [1.165, 1.54) is 23.1 Å². The Labute approximate surface area is 113 Å². The molecule has 2 aromatic rings. The van der Waals surface area contributed by atoms with E-state index in [0.29, 0.717) is 11.3 Å². The largest absolute Gasteiger partial charge is 0.464 e. The van der Waals surface area contributed by atoms with Gasteiger partial charge in [0.15, 0.2) is 0 Å². The molecular formula is C13H14N2O5. The van der Waals surface area contributed by atoms with Gasteiger partial charge in [0.25, 0.3) is 5.56 Å². The fraction of sp³-hybridized carbons (Fsp3) is 0.231. The summed E-state index contributed by atoms with van der Waals surface area (Å²) in [6, 6.07) is 3.25. The lowest BCUT2D eigenvalue weighted by molar-refractivity contribution is 0.275. The number of hydrogen-bond donors (Lipinski definition) is 3. The van der Waals surface area contributed by atoms with Crippen LogP contribution in [0.1, 0.15) is 0 Å². The van der Waals surface area contributed by atoms with Crippen LogP contribution >= 0.6 is 0 Å². The Morgan fingerprint density at radius 3 is 2.70 bits per heavy atom. The van der Waals surface area contributed by atoms with Crippen LogP contribution in [0.4, 0.5) is 0 Å². The Morgan fingerprint density at radius 2 is 2.10 bits per heavy atom. The molecule has 0 saturated heterocycles. The van der Waals surface area contributed by atoms with Gasteiger partial charge in [-0.3, -0.25) is 14.3 Å². The highest BCUT2D eigenvalue weighted by Gasteiger charge is 2.09. The van der Waals surface area contributed by atoms with E-state index in [9.17, 15) is 9.59 Å². The smallest absolute Gasteiger partial charge is 0.328 e. The summed E-state index contributed by atoms with van der Waals surface area (Å²) in [7, 11) is 0. The topological polar surface area (TPSA) is 108 Å². The van der Waals surface area contributed by atoms with Crippen LogP contribution < -0.4 is 11.2 Å². The number of allylic oxidation sites excluding steroid dienone is 1. The van der Waals surface area contributed by atoms with Gasteiger partial charge in [0.1, 0.15) is 5.76 Å². The van der Waals surface area contributed by atoms with Crippen molar-refractivity contribution < 1.29 is 14.6 Å². The second-order valence-corrected chi connectivity index (χ2v) is 4.11. The molecule has 0 aromatic carbocycles. The van der Waals surface area contributed by atoms with Crippen molar-refractivity contribution >= 4 is 0 Å². The summed E-state index contributed by atoms with van der Waals surface area (Å²) in [6.45, 7) is -0.459. The zero-order chi connectivity index (χ0) is 14.5. The maximum absolute atomic E-state index is 11.7. The lowest BCUT2D eigenvalue weighted by atomic mass is 10.2. The Hall–Kier alpha value is -2.38. The van der Waals surface area contributed by atoms with Crippen molar-refractivity contribution in [3.63, 3.8) is 0 Å². The van der Waals surface area contributed by atoms with Gasteiger partial charge in [0, 0.05) is 12.7 Å². The molecule has 0 atom stereocenters. The Bertz CT molecular complexity index is 703. The van der Waals surface area contributed by atoms with Crippen LogP contribution in [0.25, 0.3) is 11.3 Å². The molecule has 0 spiro atoms. The van der Waals surface area contributed by atoms with Gasteiger partial charge in [-0.25, -0.2) is 4.79 Å². The predicted molar refractivity (Wildman–Crippen MR) is 71.3 cm³/mol. The molecule has 7 nitrogen and oxygen atoms in total. The van der Waals surface area contributed by atoms with Gasteiger partial charge in [-0.2, -0.15) is 0 Å². The van der Waals surface area contributed by atoms with Gasteiger partial charge in [0.2, 0.25) is 0 Å². The van der Waals surface area contributed by atoms with Crippen LogP contribution in [0, 0.1) is 0 Å². The molecule has 2 heterocycles. The van der Waals surface area contributed by atoms with E-state index < -0.39 is 11.2 Å². The van der Waals surface area contributed by atoms with Gasteiger partial charge < -0.3 is 14.6 Å². The Balaban J connectivity index is 2.40. The van der Waals surface area contributed by atoms with Crippen molar-refractivity contribution in [1.82, 2.24) is 9.55 Å². The van der Waals surface area contributed by atoms with E-state index in [0.717, 1.165) is 0 Å². The summed E-state index contributed by atoms with van der Waals surface area (Å²) < 4.78 is 6.39. The molecule has 0 aliphatic heterocycles. The molecule has 106 valence electrons. The minimum Gasteiger partial charge on any atom is -0.464 e. The number of aliphatic hydroxyl groups excluding tert-OH is 2. The van der Waals surface area contributed by atoms with Crippen LogP contribution in [0.15, 0.2) is 50.2 Å². The second-order valence-electron chi connectivity index (χ2n) is 4.11. The molecule has 0 fully saturated rings. The highest BCUT2D eigenvalue weighted by atomic mass is 16.3. The molecule has 20 heavy (non-hydrogen) atoms. The van der Waals surface area contributed by atoms with E-state index in [2.05, 4.69) is 4.98 Å². The molecule has 3 N–H and O–H groups in total. The van der Waals surface area contributed by atoms with Gasteiger partial charge >= 0.3 is 5.69 Å². The molecule has 0 radical (unpaired) electrons. The first-order chi connectivity index (χ1) is 9.65. The van der Waals surface area contributed by atoms with Crippen molar-refractivity contribution in [2.75, 3.05) is 13.2 Å². The average molecular weight is 278 g/mol. The summed E-state index contributed by atoms with van der Waals surface area (Å²) in [5.41, 5.74) is -0.480. The average Bonchev–Trinajstić information content (AvgIpc) is 2.95. The zero-order valence-electron chi connectivity index (χ0n) is 10.6. The number of H-pyrrole nitrogens is 1. The molecule has 2 rings (SSSR count). The van der Waals surface area contributed by atoms with Crippen LogP contribution in [0.2, 0.25) is 0 Å². The highest BCUT2D eigenvalue weighted by Crippen LogP contribution is 2.13. The van der Waals surface area contributed by atoms with E-state index in [-0.39, 0.29) is 25.3 Å². The fourth-order valence-corrected chi connectivity index (χ4v) is 1.66. The van der Waals surface area contributed by atoms with Gasteiger partial charge in [-0.1, -0.05) is 6.08 Å². The maximum atomic E-state index is 11.7. The monoisotopic (exact) mass is 278 g/mol. The second kappa shape index (κ2) is 6.18. The van der Waals surface area contributed by atoms with Crippen LogP contribution in [0.5, 0.6) is 0 Å². The summed E-state index contributed by atoms with van der Waals surface area (Å²) in [5.74, 6) is 0.355. The van der Waals surface area contributed by atoms with Gasteiger partial charge in [-0.05, 0) is 17.7 Å². The first-order valence-electron chi connectivity index (χ1n) is 5.93. The summed E-state index contributed by atoms with van der Waals surface area (Å²) >= 11 is 0. The number of nitrogens with one attached hydrogen (secondary N) is 1. The lowest BCUT2D eigenvalue weighted by Crippen LogP contribution is -2.30. The van der Waals surface area contributed by atoms with Crippen molar-refractivity contribution in [1.29, 1.82) is 0 Å². The number of hydrogen-bond acceptors (Lipinski definition) is 5. The lowest BCUT2D eigenvalue weighted by Gasteiger charge is -2.05. The first-order valence-corrected chi connectivity index (χ1v) is 5.93. The van der Waals surface area contributed by atoms with Crippen molar-refractivity contribution in [3.8, 4) is 11.3 Å². The summed E-state index contributed by atoms with van der Waals surface area (Å²) in [6.07, 6.45) is 4.33. The summed E-state index contributed by atoms with van der Waals surface area (Å²) in [5, 5.41) is 17.9. The zero-order valence-corrected chi connectivity index (χ0v) is 10.6. The van der Waals surface area contributed by atoms with E-state index in [4.69, 9.17) is 14.6 Å². The Morgan fingerprint density at radius 1 is 1.35 bits per heavy atom. The maximum Gasteiger partial charge on any atom is 0.328 e. The van der Waals surface area contributed by atoms with Crippen LogP contribution in [0.3, 0.4) is 0 Å². The number of aliphatic hydroxyl groups is 2. The third-order valence-corrected chi connectivity index (χ3v) is 2.78. The van der Waals surface area contributed by atoms with E-state index >= 15 is 0 Å². The van der Waals surface area contributed by atoms with Crippen molar-refractivity contribution in [2.45, 2.75) is 6.54 Å². The van der Waals surface area contributed by atoms with Crippen molar-refractivity contribution in [3.05, 3.63) is 57.1 Å². The van der Waals surface area contributed by atoms with Gasteiger partial charge in [-0.15, -0.1) is 0 Å². The molecule has 7 heteroatoms. The SMILES string of the molecule is O=c1[nH]c(=O)n(CC=C(CO)CO)cc1-c1ccco1. The van der Waals surface area contributed by atoms with Gasteiger partial charge in [0.05, 0.1) is 25.0 Å². The van der Waals surface area contributed by atoms with Crippen LogP contribution in [-0.2, 0) is 6.54 Å².